The number of nitrogens with one attached hydrogen (secondary N) is 2. The smallest absolute Gasteiger partial charge is 0.322 e. The highest BCUT2D eigenvalue weighted by atomic mass is 16.4. The Kier molecular flexibility index (Phi) is 2.06. The van der Waals surface area contributed by atoms with Gasteiger partial charge in [-0.15, -0.1) is 0 Å². The molecule has 4 N–H and O–H groups in total. The van der Waals surface area contributed by atoms with E-state index in [2.05, 4.69) is 10.9 Å². The van der Waals surface area contributed by atoms with Crippen LogP contribution in [0.1, 0.15) is 6.42 Å². The molecule has 0 unspecified atom stereocenters. The summed E-state index contributed by atoms with van der Waals surface area (Å²) in [5.74, 6) is -2.08. The van der Waals surface area contributed by atoms with Crippen LogP contribution in [0, 0.1) is 0 Å². The maximum Gasteiger partial charge on any atom is 0.322 e. The summed E-state index contributed by atoms with van der Waals surface area (Å²) in [5, 5.41) is 16.8. The minimum absolute atomic E-state index is 0.0741. The summed E-state index contributed by atoms with van der Waals surface area (Å²) < 4.78 is 0. The van der Waals surface area contributed by atoms with Gasteiger partial charge >= 0.3 is 11.9 Å². The number of hydrazine groups is 1. The minimum Gasteiger partial charge on any atom is -0.480 e. The minimum atomic E-state index is -1.04. The van der Waals surface area contributed by atoms with Gasteiger partial charge < -0.3 is 10.2 Å². The van der Waals surface area contributed by atoms with E-state index in [1.807, 2.05) is 0 Å². The van der Waals surface area contributed by atoms with Crippen molar-refractivity contribution in [3.05, 3.63) is 0 Å². The van der Waals surface area contributed by atoms with Crippen LogP contribution in [0.2, 0.25) is 0 Å². The molecule has 1 rings (SSSR count). The van der Waals surface area contributed by atoms with Gasteiger partial charge in [-0.3, -0.25) is 9.59 Å². The van der Waals surface area contributed by atoms with Crippen LogP contribution in [0.25, 0.3) is 0 Å². The fraction of sp³-hybridized carbons (Fsp3) is 0.600. The molecule has 0 radical (unpaired) electrons. The Labute approximate surface area is 62.2 Å². The summed E-state index contributed by atoms with van der Waals surface area (Å²) in [6, 6.07) is -1.59. The van der Waals surface area contributed by atoms with Crippen molar-refractivity contribution in [2.75, 3.05) is 0 Å². The van der Waals surface area contributed by atoms with Crippen molar-refractivity contribution in [1.29, 1.82) is 0 Å². The van der Waals surface area contributed by atoms with Gasteiger partial charge in [0.05, 0.1) is 0 Å². The van der Waals surface area contributed by atoms with E-state index in [4.69, 9.17) is 10.2 Å². The summed E-state index contributed by atoms with van der Waals surface area (Å²) in [4.78, 5) is 20.5. The second kappa shape index (κ2) is 2.85. The van der Waals surface area contributed by atoms with Crippen molar-refractivity contribution in [3.8, 4) is 0 Å². The monoisotopic (exact) mass is 160 g/mol. The Morgan fingerprint density at radius 1 is 1.09 bits per heavy atom. The molecule has 11 heavy (non-hydrogen) atoms. The van der Waals surface area contributed by atoms with E-state index in [-0.39, 0.29) is 6.42 Å². The predicted octanol–water partition coefficient (Wildman–Crippen LogP) is -1.61. The number of hydrogen-bond acceptors (Lipinski definition) is 4. The molecule has 0 aromatic rings. The molecule has 0 bridgehead atoms. The van der Waals surface area contributed by atoms with Gasteiger partial charge in [0.2, 0.25) is 0 Å². The van der Waals surface area contributed by atoms with Gasteiger partial charge in [0, 0.05) is 6.42 Å². The molecule has 1 heterocycles. The lowest BCUT2D eigenvalue weighted by Gasteiger charge is -1.99. The molecule has 0 amide bonds. The van der Waals surface area contributed by atoms with E-state index in [0.29, 0.717) is 0 Å². The van der Waals surface area contributed by atoms with Gasteiger partial charge in [0.25, 0.3) is 0 Å². The van der Waals surface area contributed by atoms with E-state index < -0.39 is 24.0 Å². The molecule has 6 nitrogen and oxygen atoms in total. The first-order chi connectivity index (χ1) is 5.11. The molecule has 0 aromatic carbocycles. The largest absolute Gasteiger partial charge is 0.480 e. The lowest BCUT2D eigenvalue weighted by Crippen LogP contribution is -2.39. The average molecular weight is 160 g/mol. The van der Waals surface area contributed by atoms with Crippen LogP contribution in [-0.4, -0.2) is 34.2 Å². The van der Waals surface area contributed by atoms with Crippen molar-refractivity contribution in [2.45, 2.75) is 18.5 Å². The Hall–Kier alpha value is -1.14. The molecule has 0 aromatic heterocycles. The van der Waals surface area contributed by atoms with Gasteiger partial charge in [-0.2, -0.15) is 0 Å². The van der Waals surface area contributed by atoms with Crippen LogP contribution in [0.3, 0.4) is 0 Å². The molecule has 62 valence electrons. The van der Waals surface area contributed by atoms with Crippen molar-refractivity contribution in [3.63, 3.8) is 0 Å². The highest BCUT2D eigenvalue weighted by Gasteiger charge is 2.32. The first kappa shape index (κ1) is 7.96. The predicted molar refractivity (Wildman–Crippen MR) is 33.7 cm³/mol. The van der Waals surface area contributed by atoms with Gasteiger partial charge in [-0.05, 0) is 0 Å². The summed E-state index contributed by atoms with van der Waals surface area (Å²) in [5.41, 5.74) is 4.71. The molecule has 1 aliphatic rings. The third-order valence-corrected chi connectivity index (χ3v) is 1.50. The van der Waals surface area contributed by atoms with Gasteiger partial charge in [-0.1, -0.05) is 0 Å². The van der Waals surface area contributed by atoms with Gasteiger partial charge in [-0.25, -0.2) is 10.9 Å². The van der Waals surface area contributed by atoms with Crippen LogP contribution in [0.5, 0.6) is 0 Å². The van der Waals surface area contributed by atoms with Crippen LogP contribution < -0.4 is 10.9 Å². The van der Waals surface area contributed by atoms with Crippen LogP contribution in [-0.2, 0) is 9.59 Å². The fourth-order valence-corrected chi connectivity index (χ4v) is 0.880. The van der Waals surface area contributed by atoms with Gasteiger partial charge in [0.1, 0.15) is 12.1 Å². The third kappa shape index (κ3) is 1.66. The van der Waals surface area contributed by atoms with E-state index in [9.17, 15) is 9.59 Å². The molecular formula is C5H8N2O4. The average Bonchev–Trinajstić information content (AvgIpc) is 2.33. The zero-order chi connectivity index (χ0) is 8.43. The van der Waals surface area contributed by atoms with Crippen molar-refractivity contribution in [1.82, 2.24) is 10.9 Å². The molecule has 1 aliphatic heterocycles. The SMILES string of the molecule is O=C(O)[C@H]1C[C@H](C(=O)O)NN1. The Morgan fingerprint density at radius 3 is 1.64 bits per heavy atom. The number of rotatable bonds is 2. The van der Waals surface area contributed by atoms with Crippen molar-refractivity contribution < 1.29 is 19.8 Å². The van der Waals surface area contributed by atoms with E-state index in [0.717, 1.165) is 0 Å². The Morgan fingerprint density at radius 2 is 1.45 bits per heavy atom. The number of carboxylic acids is 2. The number of carboxylic acid groups (broad SMARTS) is 2. The highest BCUT2D eigenvalue weighted by Crippen LogP contribution is 2.04. The first-order valence-corrected chi connectivity index (χ1v) is 3.08. The standard InChI is InChI=1S/C5H8N2O4/c8-4(9)2-1-3(5(10)11)7-6-2/h2-3,6-7H,1H2,(H,8,9)(H,10,11)/t2-,3-/m1/s1. The lowest BCUT2D eigenvalue weighted by atomic mass is 10.1. The molecule has 1 fully saturated rings. The van der Waals surface area contributed by atoms with Crippen LogP contribution in [0.15, 0.2) is 0 Å². The molecule has 6 heteroatoms. The molecule has 0 spiro atoms. The van der Waals surface area contributed by atoms with E-state index in [1.54, 1.807) is 0 Å². The number of hydrogen-bond donors (Lipinski definition) is 4. The topological polar surface area (TPSA) is 98.7 Å². The molecule has 0 aliphatic carbocycles. The van der Waals surface area contributed by atoms with E-state index in [1.165, 1.54) is 0 Å². The first-order valence-electron chi connectivity index (χ1n) is 3.08. The zero-order valence-corrected chi connectivity index (χ0v) is 5.57. The maximum absolute atomic E-state index is 10.3. The summed E-state index contributed by atoms with van der Waals surface area (Å²) in [6.07, 6.45) is 0.0741. The highest BCUT2D eigenvalue weighted by molar-refractivity contribution is 5.79. The number of aliphatic carboxylic acids is 2. The van der Waals surface area contributed by atoms with Gasteiger partial charge in [0.15, 0.2) is 0 Å². The normalized spacial score (nSPS) is 30.2. The fourth-order valence-electron chi connectivity index (χ4n) is 0.880. The second-order valence-corrected chi connectivity index (χ2v) is 2.31. The molecule has 1 saturated heterocycles. The van der Waals surface area contributed by atoms with Crippen LogP contribution in [0.4, 0.5) is 0 Å². The summed E-state index contributed by atoms with van der Waals surface area (Å²) in [6.45, 7) is 0. The Balaban J connectivity index is 2.47. The van der Waals surface area contributed by atoms with E-state index >= 15 is 0 Å². The molecular weight excluding hydrogens is 152 g/mol. The van der Waals surface area contributed by atoms with Crippen molar-refractivity contribution in [2.24, 2.45) is 0 Å². The quantitative estimate of drug-likeness (QED) is 0.388. The molecule has 2 atom stereocenters. The van der Waals surface area contributed by atoms with Crippen LogP contribution >= 0.6 is 0 Å². The zero-order valence-electron chi connectivity index (χ0n) is 5.57. The number of carbonyl (C=O) groups is 2. The maximum atomic E-state index is 10.3. The second-order valence-electron chi connectivity index (χ2n) is 2.31. The summed E-state index contributed by atoms with van der Waals surface area (Å²) in [7, 11) is 0. The summed E-state index contributed by atoms with van der Waals surface area (Å²) >= 11 is 0. The lowest BCUT2D eigenvalue weighted by molar-refractivity contribution is -0.139. The van der Waals surface area contributed by atoms with Crippen molar-refractivity contribution >= 4 is 11.9 Å². The molecule has 0 saturated carbocycles. The third-order valence-electron chi connectivity index (χ3n) is 1.50. The Bertz CT molecular complexity index is 173.